The maximum Gasteiger partial charge on any atom is 0.410 e. The fourth-order valence-corrected chi connectivity index (χ4v) is 5.71. The Bertz CT molecular complexity index is 1500. The molecular weight excluding hydrogens is 514 g/mol. The Morgan fingerprint density at radius 1 is 1.02 bits per heavy atom. The van der Waals surface area contributed by atoms with Gasteiger partial charge in [-0.1, -0.05) is 25.1 Å². The van der Waals surface area contributed by atoms with E-state index in [0.29, 0.717) is 37.3 Å². The number of aryl methyl sites for hydroxylation is 2. The molecule has 0 unspecified atom stereocenters. The van der Waals surface area contributed by atoms with E-state index in [1.165, 1.54) is 0 Å². The van der Waals surface area contributed by atoms with Gasteiger partial charge in [-0.2, -0.15) is 5.26 Å². The summed E-state index contributed by atoms with van der Waals surface area (Å²) in [6.07, 6.45) is 3.31. The number of hydrogen-bond acceptors (Lipinski definition) is 5. The van der Waals surface area contributed by atoms with Crippen molar-refractivity contribution in [2.24, 2.45) is 0 Å². The minimum Gasteiger partial charge on any atom is -0.444 e. The fraction of sp³-hybridized carbons (Fsp3) is 0.455. The smallest absolute Gasteiger partial charge is 0.410 e. The SMILES string of the molecule is Cc1cn(-c2cc(C(=O)N3CC(c4ccc(C#N)cc4)C3)ccc2C)c(C2(C)CCN(C(=O)OC(C)(C)C)CC2)n1. The fourth-order valence-electron chi connectivity index (χ4n) is 5.71. The Morgan fingerprint density at radius 2 is 1.68 bits per heavy atom. The number of carbonyl (C=O) groups excluding carboxylic acids is 2. The van der Waals surface area contributed by atoms with Gasteiger partial charge in [-0.3, -0.25) is 4.79 Å². The Balaban J connectivity index is 1.32. The van der Waals surface area contributed by atoms with E-state index in [0.717, 1.165) is 41.2 Å². The van der Waals surface area contributed by atoms with E-state index < -0.39 is 5.60 Å². The van der Waals surface area contributed by atoms with Crippen molar-refractivity contribution in [2.45, 2.75) is 71.3 Å². The molecular formula is C33H39N5O3. The van der Waals surface area contributed by atoms with E-state index in [9.17, 15) is 9.59 Å². The van der Waals surface area contributed by atoms with Gasteiger partial charge in [0.05, 0.1) is 23.0 Å². The number of piperidine rings is 1. The lowest BCUT2D eigenvalue weighted by Gasteiger charge is -2.40. The molecule has 0 N–H and O–H groups in total. The Morgan fingerprint density at radius 3 is 2.29 bits per heavy atom. The maximum absolute atomic E-state index is 13.5. The standard InChI is InChI=1S/C33H39N5O3/c1-22-7-10-26(29(39)37-20-27(21-37)25-11-8-24(18-34)9-12-25)17-28(22)38-19-23(2)35-30(38)33(6)13-15-36(16-14-33)31(40)41-32(3,4)5/h7-12,17,19,27H,13-16,20-21H2,1-6H3. The van der Waals surface area contributed by atoms with Crippen molar-refractivity contribution in [1.82, 2.24) is 19.4 Å². The molecule has 2 aliphatic rings. The molecule has 214 valence electrons. The van der Waals surface area contributed by atoms with Crippen LogP contribution in [-0.4, -0.2) is 63.1 Å². The number of carbonyl (C=O) groups is 2. The molecule has 1 aromatic heterocycles. The third-order valence-electron chi connectivity index (χ3n) is 8.28. The van der Waals surface area contributed by atoms with E-state index in [4.69, 9.17) is 15.0 Å². The zero-order valence-electron chi connectivity index (χ0n) is 24.9. The van der Waals surface area contributed by atoms with Crippen LogP contribution >= 0.6 is 0 Å². The third-order valence-corrected chi connectivity index (χ3v) is 8.28. The number of ether oxygens (including phenoxy) is 1. The number of nitrogens with zero attached hydrogens (tertiary/aromatic N) is 5. The number of amides is 2. The first-order valence-electron chi connectivity index (χ1n) is 14.3. The molecule has 0 spiro atoms. The topological polar surface area (TPSA) is 91.5 Å². The van der Waals surface area contributed by atoms with Crippen LogP contribution in [0.5, 0.6) is 0 Å². The lowest BCUT2D eigenvalue weighted by atomic mass is 9.79. The summed E-state index contributed by atoms with van der Waals surface area (Å²) in [7, 11) is 0. The monoisotopic (exact) mass is 553 g/mol. The van der Waals surface area contributed by atoms with Gasteiger partial charge in [0, 0.05) is 49.3 Å². The van der Waals surface area contributed by atoms with Crippen LogP contribution in [0.1, 0.15) is 85.0 Å². The van der Waals surface area contributed by atoms with Crippen molar-refractivity contribution in [3.63, 3.8) is 0 Å². The molecule has 2 saturated heterocycles. The number of aromatic nitrogens is 2. The summed E-state index contributed by atoms with van der Waals surface area (Å²) in [5, 5.41) is 9.05. The second kappa shape index (κ2) is 10.7. The molecule has 0 radical (unpaired) electrons. The zero-order chi connectivity index (χ0) is 29.5. The number of likely N-dealkylation sites (tertiary alicyclic amines) is 2. The second-order valence-corrected chi connectivity index (χ2v) is 12.7. The molecule has 8 nitrogen and oxygen atoms in total. The van der Waals surface area contributed by atoms with E-state index in [2.05, 4.69) is 24.5 Å². The Kier molecular flexibility index (Phi) is 7.41. The highest BCUT2D eigenvalue weighted by Gasteiger charge is 2.39. The predicted octanol–water partition coefficient (Wildman–Crippen LogP) is 5.89. The molecule has 2 fully saturated rings. The van der Waals surface area contributed by atoms with Crippen LogP contribution in [-0.2, 0) is 10.2 Å². The number of nitriles is 1. The van der Waals surface area contributed by atoms with Crippen LogP contribution < -0.4 is 0 Å². The van der Waals surface area contributed by atoms with Crippen molar-refractivity contribution in [3.8, 4) is 11.8 Å². The summed E-state index contributed by atoms with van der Waals surface area (Å²) in [6, 6.07) is 15.7. The molecule has 8 heteroatoms. The summed E-state index contributed by atoms with van der Waals surface area (Å²) >= 11 is 0. The zero-order valence-corrected chi connectivity index (χ0v) is 24.9. The van der Waals surface area contributed by atoms with Crippen LogP contribution in [0, 0.1) is 25.2 Å². The van der Waals surface area contributed by atoms with Crippen molar-refractivity contribution in [3.05, 3.63) is 82.4 Å². The highest BCUT2D eigenvalue weighted by molar-refractivity contribution is 5.95. The molecule has 0 aliphatic carbocycles. The summed E-state index contributed by atoms with van der Waals surface area (Å²) in [6.45, 7) is 14.4. The second-order valence-electron chi connectivity index (χ2n) is 12.7. The molecule has 3 aromatic rings. The number of imidazole rings is 1. The van der Waals surface area contributed by atoms with Gasteiger partial charge in [-0.15, -0.1) is 0 Å². The van der Waals surface area contributed by atoms with Gasteiger partial charge in [-0.25, -0.2) is 9.78 Å². The lowest BCUT2D eigenvalue weighted by Crippen LogP contribution is -2.48. The summed E-state index contributed by atoms with van der Waals surface area (Å²) in [5.41, 5.74) is 4.63. The van der Waals surface area contributed by atoms with Crippen LogP contribution in [0.25, 0.3) is 5.69 Å². The number of rotatable bonds is 4. The van der Waals surface area contributed by atoms with Crippen molar-refractivity contribution in [2.75, 3.05) is 26.2 Å². The molecule has 0 saturated carbocycles. The van der Waals surface area contributed by atoms with E-state index in [1.54, 1.807) is 4.90 Å². The van der Waals surface area contributed by atoms with Gasteiger partial charge in [0.1, 0.15) is 11.4 Å². The molecule has 0 bridgehead atoms. The van der Waals surface area contributed by atoms with Gasteiger partial charge < -0.3 is 19.1 Å². The van der Waals surface area contributed by atoms with Crippen LogP contribution in [0.3, 0.4) is 0 Å². The Hall–Kier alpha value is -4.12. The largest absolute Gasteiger partial charge is 0.444 e. The van der Waals surface area contributed by atoms with Crippen LogP contribution in [0.2, 0.25) is 0 Å². The van der Waals surface area contributed by atoms with Gasteiger partial charge in [0.25, 0.3) is 5.91 Å². The molecule has 2 aliphatic heterocycles. The maximum atomic E-state index is 13.5. The predicted molar refractivity (Wildman–Crippen MR) is 157 cm³/mol. The average Bonchev–Trinajstić information content (AvgIpc) is 3.30. The van der Waals surface area contributed by atoms with Gasteiger partial charge >= 0.3 is 6.09 Å². The molecule has 5 rings (SSSR count). The van der Waals surface area contributed by atoms with E-state index in [-0.39, 0.29) is 23.3 Å². The normalized spacial score (nSPS) is 17.1. The quantitative estimate of drug-likeness (QED) is 0.402. The summed E-state index contributed by atoms with van der Waals surface area (Å²) in [5.74, 6) is 1.26. The first kappa shape index (κ1) is 28.4. The molecule has 2 aromatic carbocycles. The summed E-state index contributed by atoms with van der Waals surface area (Å²) < 4.78 is 7.73. The lowest BCUT2D eigenvalue weighted by molar-refractivity contribution is 0.0167. The molecule has 3 heterocycles. The molecule has 0 atom stereocenters. The van der Waals surface area contributed by atoms with E-state index in [1.807, 2.05) is 81.3 Å². The van der Waals surface area contributed by atoms with E-state index >= 15 is 0 Å². The van der Waals surface area contributed by atoms with Gasteiger partial charge in [-0.05, 0) is 82.9 Å². The first-order valence-corrected chi connectivity index (χ1v) is 14.3. The van der Waals surface area contributed by atoms with Crippen molar-refractivity contribution < 1.29 is 14.3 Å². The highest BCUT2D eigenvalue weighted by Crippen LogP contribution is 2.37. The minimum absolute atomic E-state index is 0.0198. The minimum atomic E-state index is -0.522. The van der Waals surface area contributed by atoms with Crippen LogP contribution in [0.4, 0.5) is 4.79 Å². The number of hydrogen-bond donors (Lipinski definition) is 0. The number of benzene rings is 2. The Labute approximate surface area is 242 Å². The van der Waals surface area contributed by atoms with Crippen LogP contribution in [0.15, 0.2) is 48.7 Å². The third kappa shape index (κ3) is 5.85. The van der Waals surface area contributed by atoms with Gasteiger partial charge in [0.2, 0.25) is 0 Å². The molecule has 2 amide bonds. The van der Waals surface area contributed by atoms with Gasteiger partial charge in [0.15, 0.2) is 0 Å². The van der Waals surface area contributed by atoms with Crippen molar-refractivity contribution >= 4 is 12.0 Å². The summed E-state index contributed by atoms with van der Waals surface area (Å²) in [4.78, 5) is 34.7. The highest BCUT2D eigenvalue weighted by atomic mass is 16.6. The molecule has 41 heavy (non-hydrogen) atoms. The van der Waals surface area contributed by atoms with Crippen molar-refractivity contribution in [1.29, 1.82) is 5.26 Å². The first-order chi connectivity index (χ1) is 19.4. The average molecular weight is 554 g/mol.